The maximum atomic E-state index is 12.5. The van der Waals surface area contributed by atoms with Gasteiger partial charge in [-0.05, 0) is 71.4 Å². The van der Waals surface area contributed by atoms with Crippen LogP contribution in [0.2, 0.25) is 0 Å². The largest absolute Gasteiger partial charge is 0.456 e. The van der Waals surface area contributed by atoms with Gasteiger partial charge in [-0.1, -0.05) is 130 Å². The molecule has 0 radical (unpaired) electrons. The summed E-state index contributed by atoms with van der Waals surface area (Å²) in [6.07, 6.45) is 12.9. The summed E-state index contributed by atoms with van der Waals surface area (Å²) in [5.74, 6) is 0.121. The van der Waals surface area contributed by atoms with Crippen molar-refractivity contribution in [1.29, 1.82) is 0 Å². The van der Waals surface area contributed by atoms with Crippen molar-refractivity contribution in [2.45, 2.75) is 122 Å². The summed E-state index contributed by atoms with van der Waals surface area (Å²) < 4.78 is 10.7. The number of carbonyl (C=O) groups is 2. The molecule has 0 saturated carbocycles. The first kappa shape index (κ1) is 35.2. The third-order valence-electron chi connectivity index (χ3n) is 8.40. The van der Waals surface area contributed by atoms with Gasteiger partial charge in [-0.15, -0.1) is 0 Å². The molecule has 0 spiro atoms. The van der Waals surface area contributed by atoms with Crippen molar-refractivity contribution in [3.8, 4) is 0 Å². The molecule has 4 nitrogen and oxygen atoms in total. The zero-order chi connectivity index (χ0) is 31.4. The van der Waals surface area contributed by atoms with E-state index < -0.39 is 5.97 Å². The van der Waals surface area contributed by atoms with E-state index in [2.05, 4.69) is 107 Å². The van der Waals surface area contributed by atoms with Crippen LogP contribution >= 0.6 is 12.2 Å². The molecule has 0 aromatic rings. The Morgan fingerprint density at radius 2 is 1.10 bits per heavy atom. The number of allylic oxidation sites excluding steroid dienone is 8. The average molecular weight is 585 g/mol. The van der Waals surface area contributed by atoms with Crippen LogP contribution in [-0.4, -0.2) is 23.6 Å². The molecule has 41 heavy (non-hydrogen) atoms. The number of esters is 2. The molecule has 0 aliphatic heterocycles. The SMILES string of the molecule is CC(C)(C)C1=CC(CCC(=O)OCC(=S)OC(=O)CCC2=CC(C(C)(C)C)CC(C(C)(C)C)=C2)=CC(C(C)(C)C)C1. The van der Waals surface area contributed by atoms with Gasteiger partial charge in [0.25, 0.3) is 0 Å². The molecular weight excluding hydrogens is 528 g/mol. The number of ether oxygens (including phenoxy) is 2. The Labute approximate surface area is 256 Å². The molecule has 2 aliphatic rings. The Bertz CT molecular complexity index is 1100. The van der Waals surface area contributed by atoms with E-state index in [0.29, 0.717) is 24.7 Å². The van der Waals surface area contributed by atoms with Gasteiger partial charge in [0.2, 0.25) is 5.05 Å². The highest BCUT2D eigenvalue weighted by Gasteiger charge is 2.32. The first-order valence-electron chi connectivity index (χ1n) is 15.3. The van der Waals surface area contributed by atoms with Gasteiger partial charge in [-0.3, -0.25) is 9.59 Å². The van der Waals surface area contributed by atoms with E-state index in [0.717, 1.165) is 12.8 Å². The van der Waals surface area contributed by atoms with Crippen molar-refractivity contribution in [2.24, 2.45) is 33.5 Å². The van der Waals surface area contributed by atoms with Gasteiger partial charge in [0.15, 0.2) is 6.61 Å². The van der Waals surface area contributed by atoms with Crippen LogP contribution in [0.1, 0.15) is 122 Å². The average Bonchev–Trinajstić information content (AvgIpc) is 2.82. The van der Waals surface area contributed by atoms with Gasteiger partial charge in [0.1, 0.15) is 0 Å². The number of hydrogen-bond donors (Lipinski definition) is 0. The highest BCUT2D eigenvalue weighted by molar-refractivity contribution is 7.80. The minimum atomic E-state index is -0.393. The fourth-order valence-corrected chi connectivity index (χ4v) is 5.30. The molecule has 0 heterocycles. The number of carbonyl (C=O) groups excluding carboxylic acids is 2. The Hall–Kier alpha value is -2.01. The smallest absolute Gasteiger partial charge is 0.312 e. The van der Waals surface area contributed by atoms with Crippen LogP contribution in [0, 0.1) is 33.5 Å². The second-order valence-corrected chi connectivity index (χ2v) is 16.6. The molecule has 0 bridgehead atoms. The molecule has 5 heteroatoms. The Kier molecular flexibility index (Phi) is 11.6. The lowest BCUT2D eigenvalue weighted by Gasteiger charge is -2.36. The topological polar surface area (TPSA) is 52.6 Å². The second-order valence-electron chi connectivity index (χ2n) is 16.2. The van der Waals surface area contributed by atoms with Crippen LogP contribution in [-0.2, 0) is 19.1 Å². The van der Waals surface area contributed by atoms with Crippen LogP contribution in [0.25, 0.3) is 0 Å². The van der Waals surface area contributed by atoms with E-state index in [1.807, 2.05) is 0 Å². The van der Waals surface area contributed by atoms with E-state index in [4.69, 9.17) is 21.7 Å². The van der Waals surface area contributed by atoms with Gasteiger partial charge >= 0.3 is 11.9 Å². The quantitative estimate of drug-likeness (QED) is 0.210. The van der Waals surface area contributed by atoms with Crippen molar-refractivity contribution >= 4 is 29.2 Å². The van der Waals surface area contributed by atoms with Crippen molar-refractivity contribution in [3.63, 3.8) is 0 Å². The Morgan fingerprint density at radius 1 is 0.707 bits per heavy atom. The monoisotopic (exact) mass is 584 g/mol. The van der Waals surface area contributed by atoms with Gasteiger partial charge in [-0.2, -0.15) is 0 Å². The number of hydrogen-bond acceptors (Lipinski definition) is 5. The summed E-state index contributed by atoms with van der Waals surface area (Å²) in [7, 11) is 0. The first-order chi connectivity index (χ1) is 18.6. The first-order valence-corrected chi connectivity index (χ1v) is 15.7. The van der Waals surface area contributed by atoms with Crippen LogP contribution in [0.4, 0.5) is 0 Å². The van der Waals surface area contributed by atoms with Crippen LogP contribution in [0.15, 0.2) is 46.6 Å². The molecule has 0 aromatic carbocycles. The van der Waals surface area contributed by atoms with Crippen molar-refractivity contribution in [2.75, 3.05) is 6.61 Å². The third-order valence-corrected chi connectivity index (χ3v) is 8.60. The zero-order valence-corrected chi connectivity index (χ0v) is 28.8. The van der Waals surface area contributed by atoms with E-state index in [9.17, 15) is 9.59 Å². The maximum Gasteiger partial charge on any atom is 0.312 e. The van der Waals surface area contributed by atoms with Gasteiger partial charge < -0.3 is 9.47 Å². The standard InChI is InChI=1S/C36H56O4S/c1-33(2,3)26-17-24(18-27(21-26)34(4,5)6)13-15-30(37)39-23-32(41)40-31(38)16-14-25-19-28(35(7,8)9)22-29(20-25)36(10,11)12/h17-20,26,28H,13-16,21-23H2,1-12H3. The Morgan fingerprint density at radius 3 is 1.46 bits per heavy atom. The minimum Gasteiger partial charge on any atom is -0.456 e. The van der Waals surface area contributed by atoms with Gasteiger partial charge in [0.05, 0.1) is 0 Å². The fourth-order valence-electron chi connectivity index (χ4n) is 5.15. The van der Waals surface area contributed by atoms with Gasteiger partial charge in [-0.25, -0.2) is 0 Å². The summed E-state index contributed by atoms with van der Waals surface area (Å²) in [5.41, 5.74) is 5.66. The molecule has 0 N–H and O–H groups in total. The Balaban J connectivity index is 1.86. The summed E-state index contributed by atoms with van der Waals surface area (Å²) in [4.78, 5) is 25.0. The molecule has 0 saturated heterocycles. The molecule has 0 aromatic heterocycles. The normalized spacial score (nSPS) is 20.4. The van der Waals surface area contributed by atoms with Crippen LogP contribution in [0.3, 0.4) is 0 Å². The lowest BCUT2D eigenvalue weighted by Crippen LogP contribution is -2.25. The second kappa shape index (κ2) is 13.5. The highest BCUT2D eigenvalue weighted by atomic mass is 32.1. The molecule has 0 fully saturated rings. The van der Waals surface area contributed by atoms with Crippen molar-refractivity contribution < 1.29 is 19.1 Å². The molecular formula is C36H56O4S. The highest BCUT2D eigenvalue weighted by Crippen LogP contribution is 2.44. The molecule has 0 amide bonds. The molecule has 2 aliphatic carbocycles. The summed E-state index contributed by atoms with van der Waals surface area (Å²) >= 11 is 5.21. The predicted octanol–water partition coefficient (Wildman–Crippen LogP) is 9.89. The number of thiocarbonyl (C=S) groups is 1. The molecule has 230 valence electrons. The lowest BCUT2D eigenvalue weighted by molar-refractivity contribution is -0.143. The lowest BCUT2D eigenvalue weighted by atomic mass is 9.69. The van der Waals surface area contributed by atoms with E-state index in [1.54, 1.807) is 0 Å². The van der Waals surface area contributed by atoms with Crippen molar-refractivity contribution in [3.05, 3.63) is 46.6 Å². The number of rotatable bonds is 8. The molecule has 2 rings (SSSR count). The van der Waals surface area contributed by atoms with E-state index in [1.165, 1.54) is 22.3 Å². The predicted molar refractivity (Wildman–Crippen MR) is 174 cm³/mol. The van der Waals surface area contributed by atoms with Gasteiger partial charge in [0, 0.05) is 12.8 Å². The van der Waals surface area contributed by atoms with E-state index >= 15 is 0 Å². The summed E-state index contributed by atoms with van der Waals surface area (Å²) in [6.45, 7) is 26.9. The van der Waals surface area contributed by atoms with Crippen LogP contribution < -0.4 is 0 Å². The molecule has 2 unspecified atom stereocenters. The van der Waals surface area contributed by atoms with Crippen LogP contribution in [0.5, 0.6) is 0 Å². The summed E-state index contributed by atoms with van der Waals surface area (Å²) in [6, 6.07) is 0. The van der Waals surface area contributed by atoms with Crippen molar-refractivity contribution in [1.82, 2.24) is 0 Å². The summed E-state index contributed by atoms with van der Waals surface area (Å²) in [5, 5.41) is -0.000873. The molecule has 2 atom stereocenters. The maximum absolute atomic E-state index is 12.5. The zero-order valence-electron chi connectivity index (χ0n) is 28.0. The minimum absolute atomic E-state index is 0.000873. The van der Waals surface area contributed by atoms with E-state index in [-0.39, 0.29) is 52.1 Å². The fraction of sp³-hybridized carbons (Fsp3) is 0.694. The third kappa shape index (κ3) is 11.7.